The van der Waals surface area contributed by atoms with Crippen LogP contribution >= 0.6 is 0 Å². The van der Waals surface area contributed by atoms with Crippen LogP contribution in [0.5, 0.6) is 0 Å². The van der Waals surface area contributed by atoms with E-state index in [9.17, 15) is 9.50 Å². The number of aromatic nitrogens is 3. The lowest BCUT2D eigenvalue weighted by molar-refractivity contribution is 0.171. The summed E-state index contributed by atoms with van der Waals surface area (Å²) in [7, 11) is 0. The number of likely N-dealkylation sites (tertiary alicyclic amines) is 1. The molecule has 25 heavy (non-hydrogen) atoms. The number of β-amino-alcohol motifs (C(OH)–C–C–N with tert-alkyl or cyclic N) is 1. The van der Waals surface area contributed by atoms with Crippen molar-refractivity contribution in [1.29, 1.82) is 0 Å². The number of para-hydroxylation sites is 1. The van der Waals surface area contributed by atoms with Gasteiger partial charge in [-0.15, -0.1) is 10.2 Å². The zero-order valence-electron chi connectivity index (χ0n) is 13.7. The van der Waals surface area contributed by atoms with Crippen LogP contribution in [0.3, 0.4) is 0 Å². The van der Waals surface area contributed by atoms with E-state index in [0.29, 0.717) is 19.5 Å². The Kier molecular flexibility index (Phi) is 4.29. The van der Waals surface area contributed by atoms with Gasteiger partial charge in [0.05, 0.1) is 12.6 Å². The van der Waals surface area contributed by atoms with E-state index in [-0.39, 0.29) is 11.9 Å². The van der Waals surface area contributed by atoms with Crippen molar-refractivity contribution in [2.75, 3.05) is 6.54 Å². The summed E-state index contributed by atoms with van der Waals surface area (Å²) in [5, 5.41) is 18.4. The van der Waals surface area contributed by atoms with E-state index >= 15 is 0 Å². The van der Waals surface area contributed by atoms with E-state index in [1.54, 1.807) is 12.4 Å². The third-order valence-corrected chi connectivity index (χ3v) is 4.61. The molecule has 1 fully saturated rings. The number of halogens is 1. The van der Waals surface area contributed by atoms with Crippen molar-refractivity contribution in [3.8, 4) is 5.69 Å². The van der Waals surface area contributed by atoms with Crippen LogP contribution in [0.1, 0.15) is 23.9 Å². The molecule has 0 aliphatic carbocycles. The minimum absolute atomic E-state index is 0.0355. The van der Waals surface area contributed by atoms with Crippen LogP contribution in [0.25, 0.3) is 5.69 Å². The first-order valence-corrected chi connectivity index (χ1v) is 8.32. The van der Waals surface area contributed by atoms with Gasteiger partial charge in [-0.05, 0) is 36.2 Å². The number of benzene rings is 2. The fourth-order valence-electron chi connectivity index (χ4n) is 3.47. The highest BCUT2D eigenvalue weighted by molar-refractivity contribution is 5.32. The first kappa shape index (κ1) is 15.9. The smallest absolute Gasteiger partial charge is 0.151 e. The molecule has 2 atom stereocenters. The Morgan fingerprint density at radius 1 is 1.12 bits per heavy atom. The fourth-order valence-corrected chi connectivity index (χ4v) is 3.47. The van der Waals surface area contributed by atoms with Crippen molar-refractivity contribution < 1.29 is 9.50 Å². The molecule has 2 heterocycles. The van der Waals surface area contributed by atoms with Gasteiger partial charge < -0.3 is 5.11 Å². The third-order valence-electron chi connectivity index (χ3n) is 4.61. The van der Waals surface area contributed by atoms with Gasteiger partial charge in [0.15, 0.2) is 5.82 Å². The molecule has 1 saturated heterocycles. The quantitative estimate of drug-likeness (QED) is 0.795. The summed E-state index contributed by atoms with van der Waals surface area (Å²) in [5.41, 5.74) is 1.87. The Bertz CT molecular complexity index is 851. The molecule has 1 aliphatic rings. The van der Waals surface area contributed by atoms with Gasteiger partial charge in [-0.3, -0.25) is 9.47 Å². The standard InChI is InChI=1S/C19H19FN4O/c20-15-6-4-5-14(9-15)18-10-17(25)11-23(18)12-19-22-21-13-24(19)16-7-2-1-3-8-16/h1-9,13,17-18,25H,10-12H2/t17-,18+/m1/s1. The molecule has 128 valence electrons. The van der Waals surface area contributed by atoms with Gasteiger partial charge in [0.1, 0.15) is 12.1 Å². The number of hydrogen-bond donors (Lipinski definition) is 1. The van der Waals surface area contributed by atoms with E-state index < -0.39 is 6.10 Å². The Hall–Kier alpha value is -2.57. The van der Waals surface area contributed by atoms with Crippen molar-refractivity contribution in [2.45, 2.75) is 25.1 Å². The van der Waals surface area contributed by atoms with Crippen LogP contribution in [0.15, 0.2) is 60.9 Å². The Balaban J connectivity index is 1.61. The van der Waals surface area contributed by atoms with Gasteiger partial charge in [0.25, 0.3) is 0 Å². The van der Waals surface area contributed by atoms with Crippen molar-refractivity contribution in [2.24, 2.45) is 0 Å². The van der Waals surface area contributed by atoms with E-state index in [1.165, 1.54) is 12.1 Å². The highest BCUT2D eigenvalue weighted by Gasteiger charge is 2.33. The lowest BCUT2D eigenvalue weighted by Gasteiger charge is -2.24. The molecule has 1 aliphatic heterocycles. The molecule has 1 aromatic heterocycles. The van der Waals surface area contributed by atoms with Gasteiger partial charge in [0, 0.05) is 18.3 Å². The maximum Gasteiger partial charge on any atom is 0.151 e. The lowest BCUT2D eigenvalue weighted by Crippen LogP contribution is -2.26. The highest BCUT2D eigenvalue weighted by Crippen LogP contribution is 2.33. The maximum atomic E-state index is 13.6. The molecule has 3 aromatic rings. The Labute approximate surface area is 145 Å². The van der Waals surface area contributed by atoms with Gasteiger partial charge >= 0.3 is 0 Å². The van der Waals surface area contributed by atoms with Crippen molar-refractivity contribution in [3.63, 3.8) is 0 Å². The minimum Gasteiger partial charge on any atom is -0.392 e. The number of hydrogen-bond acceptors (Lipinski definition) is 4. The first-order valence-electron chi connectivity index (χ1n) is 8.32. The second-order valence-electron chi connectivity index (χ2n) is 6.34. The topological polar surface area (TPSA) is 54.2 Å². The van der Waals surface area contributed by atoms with E-state index in [4.69, 9.17) is 0 Å². The fraction of sp³-hybridized carbons (Fsp3) is 0.263. The predicted molar refractivity (Wildman–Crippen MR) is 91.5 cm³/mol. The summed E-state index contributed by atoms with van der Waals surface area (Å²) < 4.78 is 15.5. The molecule has 0 amide bonds. The molecule has 0 unspecified atom stereocenters. The van der Waals surface area contributed by atoms with E-state index in [1.807, 2.05) is 41.0 Å². The van der Waals surface area contributed by atoms with E-state index in [0.717, 1.165) is 17.1 Å². The lowest BCUT2D eigenvalue weighted by atomic mass is 10.0. The van der Waals surface area contributed by atoms with Crippen LogP contribution in [0.2, 0.25) is 0 Å². The second-order valence-corrected chi connectivity index (χ2v) is 6.34. The van der Waals surface area contributed by atoms with Crippen LogP contribution < -0.4 is 0 Å². The molecular weight excluding hydrogens is 319 g/mol. The number of aliphatic hydroxyl groups excluding tert-OH is 1. The van der Waals surface area contributed by atoms with E-state index in [2.05, 4.69) is 15.1 Å². The molecule has 4 rings (SSSR count). The zero-order chi connectivity index (χ0) is 17.2. The van der Waals surface area contributed by atoms with Gasteiger partial charge in [0.2, 0.25) is 0 Å². The first-order chi connectivity index (χ1) is 12.2. The van der Waals surface area contributed by atoms with Gasteiger partial charge in [-0.25, -0.2) is 4.39 Å². The molecule has 1 N–H and O–H groups in total. The Morgan fingerprint density at radius 2 is 1.96 bits per heavy atom. The molecular formula is C19H19FN4O. The minimum atomic E-state index is -0.429. The summed E-state index contributed by atoms with van der Waals surface area (Å²) in [5.74, 6) is 0.535. The average molecular weight is 338 g/mol. The van der Waals surface area contributed by atoms with Crippen LogP contribution in [-0.2, 0) is 6.54 Å². The zero-order valence-corrected chi connectivity index (χ0v) is 13.7. The largest absolute Gasteiger partial charge is 0.392 e. The van der Waals surface area contributed by atoms with Crippen molar-refractivity contribution in [1.82, 2.24) is 19.7 Å². The molecule has 5 nitrogen and oxygen atoms in total. The SMILES string of the molecule is O[C@@H]1C[C@@H](c2cccc(F)c2)N(Cc2nncn2-c2ccccc2)C1. The summed E-state index contributed by atoms with van der Waals surface area (Å²) in [6.45, 7) is 1.07. The predicted octanol–water partition coefficient (Wildman–Crippen LogP) is 2.71. The monoisotopic (exact) mass is 338 g/mol. The second kappa shape index (κ2) is 6.74. The van der Waals surface area contributed by atoms with Gasteiger partial charge in [-0.1, -0.05) is 30.3 Å². The number of aliphatic hydroxyl groups is 1. The third kappa shape index (κ3) is 3.31. The average Bonchev–Trinajstić information content (AvgIpc) is 3.22. The van der Waals surface area contributed by atoms with Crippen LogP contribution in [-0.4, -0.2) is 37.4 Å². The molecule has 0 saturated carbocycles. The molecule has 0 radical (unpaired) electrons. The molecule has 6 heteroatoms. The summed E-state index contributed by atoms with van der Waals surface area (Å²) in [6.07, 6.45) is 1.85. The Morgan fingerprint density at radius 3 is 2.76 bits per heavy atom. The molecule has 2 aromatic carbocycles. The molecule has 0 spiro atoms. The van der Waals surface area contributed by atoms with Crippen molar-refractivity contribution in [3.05, 3.63) is 78.1 Å². The maximum absolute atomic E-state index is 13.6. The van der Waals surface area contributed by atoms with Gasteiger partial charge in [-0.2, -0.15) is 0 Å². The normalized spacial score (nSPS) is 20.9. The summed E-state index contributed by atoms with van der Waals surface area (Å²) in [4.78, 5) is 2.13. The summed E-state index contributed by atoms with van der Waals surface area (Å²) in [6, 6.07) is 16.4. The highest BCUT2D eigenvalue weighted by atomic mass is 19.1. The summed E-state index contributed by atoms with van der Waals surface area (Å²) >= 11 is 0. The molecule has 0 bridgehead atoms. The number of nitrogens with zero attached hydrogens (tertiary/aromatic N) is 4. The number of rotatable bonds is 4. The van der Waals surface area contributed by atoms with Crippen LogP contribution in [0.4, 0.5) is 4.39 Å². The van der Waals surface area contributed by atoms with Crippen molar-refractivity contribution >= 4 is 0 Å². The van der Waals surface area contributed by atoms with Crippen LogP contribution in [0, 0.1) is 5.82 Å².